The predicted molar refractivity (Wildman–Crippen MR) is 89.7 cm³/mol. The van der Waals surface area contributed by atoms with Gasteiger partial charge in [-0.3, -0.25) is 9.69 Å². The number of carboxylic acid groups (broad SMARTS) is 1. The average molecular weight is 350 g/mol. The van der Waals surface area contributed by atoms with Crippen molar-refractivity contribution in [1.82, 2.24) is 5.32 Å². The molecule has 2 atom stereocenters. The summed E-state index contributed by atoms with van der Waals surface area (Å²) in [4.78, 5) is 37.3. The van der Waals surface area contributed by atoms with Gasteiger partial charge in [-0.2, -0.15) is 0 Å². The maximum Gasteiger partial charge on any atom is 0.408 e. The number of alkyl carbamates (subject to hydrolysis) is 1. The second-order valence-corrected chi connectivity index (χ2v) is 6.69. The summed E-state index contributed by atoms with van der Waals surface area (Å²) in [5.74, 6) is -1.05. The summed E-state index contributed by atoms with van der Waals surface area (Å²) < 4.78 is 10.2. The van der Waals surface area contributed by atoms with Gasteiger partial charge in [-0.25, -0.2) is 9.59 Å². The minimum absolute atomic E-state index is 0.0422. The van der Waals surface area contributed by atoms with Crippen LogP contribution in [0.1, 0.15) is 27.2 Å². The summed E-state index contributed by atoms with van der Waals surface area (Å²) in [5, 5.41) is 11.9. The largest absolute Gasteiger partial charge is 0.497 e. The summed E-state index contributed by atoms with van der Waals surface area (Å²) in [6.45, 7) is 5.10. The van der Waals surface area contributed by atoms with Crippen LogP contribution in [0.5, 0.6) is 5.75 Å². The van der Waals surface area contributed by atoms with E-state index in [4.69, 9.17) is 9.47 Å². The van der Waals surface area contributed by atoms with Gasteiger partial charge in [-0.05, 0) is 45.0 Å². The fourth-order valence-electron chi connectivity index (χ4n) is 2.58. The Morgan fingerprint density at radius 1 is 1.24 bits per heavy atom. The van der Waals surface area contributed by atoms with Gasteiger partial charge in [0.1, 0.15) is 23.4 Å². The summed E-state index contributed by atoms with van der Waals surface area (Å²) in [6, 6.07) is 4.44. The molecule has 2 N–H and O–H groups in total. The second-order valence-electron chi connectivity index (χ2n) is 6.69. The van der Waals surface area contributed by atoms with Crippen molar-refractivity contribution in [2.24, 2.45) is 0 Å². The second kappa shape index (κ2) is 7.00. The number of benzene rings is 1. The lowest BCUT2D eigenvalue weighted by atomic mass is 10.1. The zero-order chi connectivity index (χ0) is 18.8. The number of carboxylic acids is 1. The van der Waals surface area contributed by atoms with E-state index < -0.39 is 35.7 Å². The lowest BCUT2D eigenvalue weighted by Crippen LogP contribution is -2.44. The molecule has 2 rings (SSSR count). The highest BCUT2D eigenvalue weighted by atomic mass is 16.6. The van der Waals surface area contributed by atoms with Crippen molar-refractivity contribution in [3.05, 3.63) is 24.3 Å². The smallest absolute Gasteiger partial charge is 0.408 e. The van der Waals surface area contributed by atoms with E-state index in [0.29, 0.717) is 11.4 Å². The first-order chi connectivity index (χ1) is 11.6. The van der Waals surface area contributed by atoms with Gasteiger partial charge in [0, 0.05) is 12.1 Å². The first-order valence-corrected chi connectivity index (χ1v) is 7.82. The third kappa shape index (κ3) is 4.40. The van der Waals surface area contributed by atoms with Crippen LogP contribution in [0.15, 0.2) is 24.3 Å². The zero-order valence-corrected chi connectivity index (χ0v) is 14.6. The minimum atomic E-state index is -1.14. The summed E-state index contributed by atoms with van der Waals surface area (Å²) >= 11 is 0. The number of rotatable bonds is 4. The van der Waals surface area contributed by atoms with Crippen molar-refractivity contribution < 1.29 is 29.0 Å². The number of hydrogen-bond acceptors (Lipinski definition) is 5. The van der Waals surface area contributed by atoms with Crippen LogP contribution >= 0.6 is 0 Å². The number of aliphatic carboxylic acids is 1. The lowest BCUT2D eigenvalue weighted by molar-refractivity contribution is -0.138. The predicted octanol–water partition coefficient (Wildman–Crippen LogP) is 1.78. The van der Waals surface area contributed by atoms with Crippen LogP contribution in [0.2, 0.25) is 0 Å². The fraction of sp³-hybridized carbons (Fsp3) is 0.471. The van der Waals surface area contributed by atoms with Gasteiger partial charge < -0.3 is 19.9 Å². The van der Waals surface area contributed by atoms with Gasteiger partial charge >= 0.3 is 12.1 Å². The maximum atomic E-state index is 12.6. The van der Waals surface area contributed by atoms with Gasteiger partial charge in [0.15, 0.2) is 0 Å². The SMILES string of the molecule is COc1ccc(N2C(=O)[C@@H](NC(=O)OC(C)(C)C)C[C@H]2C(=O)O)cc1. The number of carbonyl (C=O) groups is 3. The van der Waals surface area contributed by atoms with Crippen LogP contribution in [-0.4, -0.2) is 47.9 Å². The molecule has 0 unspecified atom stereocenters. The number of ether oxygens (including phenoxy) is 2. The average Bonchev–Trinajstić information content (AvgIpc) is 2.82. The minimum Gasteiger partial charge on any atom is -0.497 e. The first kappa shape index (κ1) is 18.6. The molecule has 1 aromatic carbocycles. The van der Waals surface area contributed by atoms with Gasteiger partial charge in [0.2, 0.25) is 0 Å². The Balaban J connectivity index is 2.20. The monoisotopic (exact) mass is 350 g/mol. The van der Waals surface area contributed by atoms with E-state index in [1.54, 1.807) is 45.0 Å². The molecule has 136 valence electrons. The molecule has 1 saturated heterocycles. The number of amides is 2. The molecule has 0 saturated carbocycles. The summed E-state index contributed by atoms with van der Waals surface area (Å²) in [5.41, 5.74) is -0.292. The molecule has 1 aliphatic rings. The van der Waals surface area contributed by atoms with E-state index in [1.807, 2.05) is 0 Å². The molecule has 2 amide bonds. The molecule has 0 radical (unpaired) electrons. The van der Waals surface area contributed by atoms with Gasteiger partial charge in [0.05, 0.1) is 7.11 Å². The Kier molecular flexibility index (Phi) is 5.20. The maximum absolute atomic E-state index is 12.6. The number of anilines is 1. The first-order valence-electron chi connectivity index (χ1n) is 7.82. The molecule has 0 aromatic heterocycles. The number of nitrogens with one attached hydrogen (secondary N) is 1. The Bertz CT molecular complexity index is 665. The van der Waals surface area contributed by atoms with Gasteiger partial charge in [-0.1, -0.05) is 0 Å². The summed E-state index contributed by atoms with van der Waals surface area (Å²) in [7, 11) is 1.51. The van der Waals surface area contributed by atoms with E-state index in [2.05, 4.69) is 5.32 Å². The molecule has 1 heterocycles. The van der Waals surface area contributed by atoms with Crippen molar-refractivity contribution in [3.63, 3.8) is 0 Å². The third-order valence-electron chi connectivity index (χ3n) is 3.63. The van der Waals surface area contributed by atoms with Crippen LogP contribution in [0.25, 0.3) is 0 Å². The topological polar surface area (TPSA) is 105 Å². The lowest BCUT2D eigenvalue weighted by Gasteiger charge is -2.22. The van der Waals surface area contributed by atoms with Crippen molar-refractivity contribution >= 4 is 23.7 Å². The number of nitrogens with zero attached hydrogens (tertiary/aromatic N) is 1. The molecular formula is C17H22N2O6. The van der Waals surface area contributed by atoms with Crippen LogP contribution in [0.4, 0.5) is 10.5 Å². The van der Waals surface area contributed by atoms with Gasteiger partial charge in [0.25, 0.3) is 5.91 Å². The van der Waals surface area contributed by atoms with E-state index in [9.17, 15) is 19.5 Å². The normalized spacial score (nSPS) is 20.3. The molecule has 0 aliphatic carbocycles. The molecule has 8 heteroatoms. The number of methoxy groups -OCH3 is 1. The van der Waals surface area contributed by atoms with E-state index in [1.165, 1.54) is 12.0 Å². The number of carbonyl (C=O) groups excluding carboxylic acids is 2. The molecule has 8 nitrogen and oxygen atoms in total. The van der Waals surface area contributed by atoms with Crippen molar-refractivity contribution in [1.29, 1.82) is 0 Å². The Morgan fingerprint density at radius 2 is 1.84 bits per heavy atom. The van der Waals surface area contributed by atoms with Crippen LogP contribution in [-0.2, 0) is 14.3 Å². The molecule has 25 heavy (non-hydrogen) atoms. The fourth-order valence-corrected chi connectivity index (χ4v) is 2.58. The van der Waals surface area contributed by atoms with E-state index >= 15 is 0 Å². The van der Waals surface area contributed by atoms with Crippen LogP contribution < -0.4 is 15.0 Å². The highest BCUT2D eigenvalue weighted by Gasteiger charge is 2.45. The summed E-state index contributed by atoms with van der Waals surface area (Å²) in [6.07, 6.45) is -0.800. The highest BCUT2D eigenvalue weighted by Crippen LogP contribution is 2.29. The van der Waals surface area contributed by atoms with Crippen molar-refractivity contribution in [2.45, 2.75) is 44.9 Å². The van der Waals surface area contributed by atoms with Crippen LogP contribution in [0.3, 0.4) is 0 Å². The highest BCUT2D eigenvalue weighted by molar-refractivity contribution is 6.06. The molecule has 1 fully saturated rings. The van der Waals surface area contributed by atoms with Crippen LogP contribution in [0, 0.1) is 0 Å². The van der Waals surface area contributed by atoms with Crippen molar-refractivity contribution in [3.8, 4) is 5.75 Å². The quantitative estimate of drug-likeness (QED) is 0.857. The molecule has 1 aliphatic heterocycles. The Hall–Kier alpha value is -2.77. The number of hydrogen-bond donors (Lipinski definition) is 2. The standard InChI is InChI=1S/C17H22N2O6/c1-17(2,3)25-16(23)18-12-9-13(15(21)22)19(14(12)20)10-5-7-11(24-4)8-6-10/h5-8,12-13H,9H2,1-4H3,(H,18,23)(H,21,22)/t12-,13-/m0/s1. The Labute approximate surface area is 145 Å². The van der Waals surface area contributed by atoms with Crippen molar-refractivity contribution in [2.75, 3.05) is 12.0 Å². The Morgan fingerprint density at radius 3 is 2.32 bits per heavy atom. The zero-order valence-electron chi connectivity index (χ0n) is 14.6. The van der Waals surface area contributed by atoms with Gasteiger partial charge in [-0.15, -0.1) is 0 Å². The molecule has 0 bridgehead atoms. The van der Waals surface area contributed by atoms with E-state index in [0.717, 1.165) is 0 Å². The molecular weight excluding hydrogens is 328 g/mol. The van der Waals surface area contributed by atoms with E-state index in [-0.39, 0.29) is 6.42 Å². The third-order valence-corrected chi connectivity index (χ3v) is 3.63. The molecule has 1 aromatic rings. The molecule has 0 spiro atoms.